The van der Waals surface area contributed by atoms with Crippen LogP contribution in [0, 0.1) is 5.82 Å². The minimum atomic E-state index is -0.347. The summed E-state index contributed by atoms with van der Waals surface area (Å²) < 4.78 is 18.3. The van der Waals surface area contributed by atoms with Crippen LogP contribution in [-0.4, -0.2) is 34.7 Å². The third-order valence-corrected chi connectivity index (χ3v) is 6.37. The molecule has 0 radical (unpaired) electrons. The molecule has 1 N–H and O–H groups in total. The number of nitrogens with zero attached hydrogens (tertiary/aromatic N) is 3. The standard InChI is InChI=1S/C23H25FN4O2S/c1-30-19-12-6-16(7-13-19)20-5-3-2-4-14-28(20)15-21-26-27-23(31-21)22(29)25-18-10-8-17(24)9-11-18/h6-13,20H,2-5,14-15H2,1H3,(H,25,29)/t20-/m1/s1. The van der Waals surface area contributed by atoms with Gasteiger partial charge in [-0.15, -0.1) is 10.2 Å². The number of rotatable bonds is 6. The first-order chi connectivity index (χ1) is 15.1. The van der Waals surface area contributed by atoms with Gasteiger partial charge in [0.25, 0.3) is 5.91 Å². The largest absolute Gasteiger partial charge is 0.497 e. The van der Waals surface area contributed by atoms with Crippen LogP contribution in [-0.2, 0) is 6.54 Å². The van der Waals surface area contributed by atoms with Gasteiger partial charge in [0.2, 0.25) is 5.01 Å². The summed E-state index contributed by atoms with van der Waals surface area (Å²) in [7, 11) is 1.67. The molecule has 162 valence electrons. The second kappa shape index (κ2) is 9.98. The number of amides is 1. The lowest BCUT2D eigenvalue weighted by Gasteiger charge is -2.29. The van der Waals surface area contributed by atoms with Gasteiger partial charge in [0.05, 0.1) is 13.7 Å². The number of carbonyl (C=O) groups excluding carboxylic acids is 1. The molecule has 0 bridgehead atoms. The van der Waals surface area contributed by atoms with E-state index in [1.807, 2.05) is 12.1 Å². The Hall–Kier alpha value is -2.84. The van der Waals surface area contributed by atoms with Crippen molar-refractivity contribution in [2.24, 2.45) is 0 Å². The van der Waals surface area contributed by atoms with Crippen LogP contribution in [0.25, 0.3) is 0 Å². The Labute approximate surface area is 185 Å². The number of likely N-dealkylation sites (tertiary alicyclic amines) is 1. The molecule has 2 aromatic carbocycles. The van der Waals surface area contributed by atoms with Crippen LogP contribution in [0.2, 0.25) is 0 Å². The zero-order valence-corrected chi connectivity index (χ0v) is 18.2. The van der Waals surface area contributed by atoms with Gasteiger partial charge in [-0.1, -0.05) is 36.3 Å². The maximum atomic E-state index is 13.1. The van der Waals surface area contributed by atoms with Crippen LogP contribution < -0.4 is 10.1 Å². The molecule has 0 unspecified atom stereocenters. The first-order valence-corrected chi connectivity index (χ1v) is 11.2. The highest BCUT2D eigenvalue weighted by Gasteiger charge is 2.24. The number of benzene rings is 2. The van der Waals surface area contributed by atoms with Crippen LogP contribution in [0.4, 0.5) is 10.1 Å². The van der Waals surface area contributed by atoms with E-state index in [1.165, 1.54) is 54.0 Å². The van der Waals surface area contributed by atoms with E-state index in [4.69, 9.17) is 4.74 Å². The summed E-state index contributed by atoms with van der Waals surface area (Å²) in [5.41, 5.74) is 1.79. The molecule has 4 rings (SSSR count). The van der Waals surface area contributed by atoms with Crippen molar-refractivity contribution in [1.29, 1.82) is 0 Å². The van der Waals surface area contributed by atoms with Crippen molar-refractivity contribution in [3.63, 3.8) is 0 Å². The van der Waals surface area contributed by atoms with E-state index >= 15 is 0 Å². The predicted octanol–water partition coefficient (Wildman–Crippen LogP) is 5.06. The second-order valence-corrected chi connectivity index (χ2v) is 8.63. The van der Waals surface area contributed by atoms with Gasteiger partial charge >= 0.3 is 0 Å². The summed E-state index contributed by atoms with van der Waals surface area (Å²) >= 11 is 1.30. The Kier molecular flexibility index (Phi) is 6.89. The average Bonchev–Trinajstić information content (AvgIpc) is 3.14. The first kappa shape index (κ1) is 21.4. The molecule has 1 aliphatic heterocycles. The normalized spacial score (nSPS) is 17.2. The van der Waals surface area contributed by atoms with E-state index in [1.54, 1.807) is 7.11 Å². The Morgan fingerprint density at radius 1 is 1.13 bits per heavy atom. The smallest absolute Gasteiger partial charge is 0.286 e. The Morgan fingerprint density at radius 2 is 1.90 bits per heavy atom. The average molecular weight is 441 g/mol. The molecule has 1 saturated heterocycles. The SMILES string of the molecule is COc1ccc([C@H]2CCCCCN2Cc2nnc(C(=O)Nc3ccc(F)cc3)s2)cc1. The fraction of sp³-hybridized carbons (Fsp3) is 0.348. The molecule has 1 fully saturated rings. The first-order valence-electron chi connectivity index (χ1n) is 10.4. The summed E-state index contributed by atoms with van der Waals surface area (Å²) in [5.74, 6) is 0.169. The number of nitrogens with one attached hydrogen (secondary N) is 1. The van der Waals surface area contributed by atoms with Gasteiger partial charge in [-0.05, 0) is 61.3 Å². The van der Waals surface area contributed by atoms with Crippen molar-refractivity contribution in [3.05, 3.63) is 69.9 Å². The third-order valence-electron chi connectivity index (χ3n) is 5.47. The Morgan fingerprint density at radius 3 is 2.65 bits per heavy atom. The molecule has 3 aromatic rings. The highest BCUT2D eigenvalue weighted by Crippen LogP contribution is 2.32. The minimum absolute atomic E-state index is 0.300. The molecule has 0 spiro atoms. The highest BCUT2D eigenvalue weighted by molar-refractivity contribution is 7.13. The zero-order chi connectivity index (χ0) is 21.6. The monoisotopic (exact) mass is 440 g/mol. The van der Waals surface area contributed by atoms with Gasteiger partial charge in [0, 0.05) is 11.7 Å². The van der Waals surface area contributed by atoms with E-state index in [9.17, 15) is 9.18 Å². The van der Waals surface area contributed by atoms with E-state index < -0.39 is 0 Å². The van der Waals surface area contributed by atoms with Gasteiger partial charge in [-0.2, -0.15) is 0 Å². The van der Waals surface area contributed by atoms with Crippen LogP contribution in [0.5, 0.6) is 5.75 Å². The predicted molar refractivity (Wildman–Crippen MR) is 119 cm³/mol. The molecule has 2 heterocycles. The summed E-state index contributed by atoms with van der Waals surface area (Å²) in [5, 5.41) is 12.2. The molecule has 1 aliphatic rings. The van der Waals surface area contributed by atoms with Crippen LogP contribution in [0.3, 0.4) is 0 Å². The van der Waals surface area contributed by atoms with Crippen LogP contribution in [0.15, 0.2) is 48.5 Å². The third kappa shape index (κ3) is 5.45. The Bertz CT molecular complexity index is 1010. The van der Waals surface area contributed by atoms with Gasteiger partial charge in [0.15, 0.2) is 0 Å². The van der Waals surface area contributed by atoms with Crippen LogP contribution in [0.1, 0.15) is 52.1 Å². The van der Waals surface area contributed by atoms with Crippen LogP contribution >= 0.6 is 11.3 Å². The van der Waals surface area contributed by atoms with E-state index in [-0.39, 0.29) is 11.7 Å². The lowest BCUT2D eigenvalue weighted by atomic mass is 10.0. The maximum Gasteiger partial charge on any atom is 0.286 e. The number of ether oxygens (including phenoxy) is 1. The van der Waals surface area contributed by atoms with Gasteiger partial charge < -0.3 is 10.1 Å². The molecule has 1 amide bonds. The number of halogens is 1. The topological polar surface area (TPSA) is 67.3 Å². The molecule has 0 aliphatic carbocycles. The molecular weight excluding hydrogens is 415 g/mol. The van der Waals surface area contributed by atoms with Gasteiger partial charge in [0.1, 0.15) is 16.6 Å². The van der Waals surface area contributed by atoms with E-state index in [0.717, 1.165) is 30.1 Å². The molecule has 0 saturated carbocycles. The fourth-order valence-corrected chi connectivity index (χ4v) is 4.62. The lowest BCUT2D eigenvalue weighted by molar-refractivity contribution is 0.102. The number of hydrogen-bond donors (Lipinski definition) is 1. The van der Waals surface area contributed by atoms with Crippen molar-refractivity contribution < 1.29 is 13.9 Å². The Balaban J connectivity index is 1.45. The molecule has 6 nitrogen and oxygen atoms in total. The number of hydrogen-bond acceptors (Lipinski definition) is 6. The van der Waals surface area contributed by atoms with Crippen molar-refractivity contribution >= 4 is 22.9 Å². The number of aromatic nitrogens is 2. The number of carbonyl (C=O) groups is 1. The second-order valence-electron chi connectivity index (χ2n) is 7.57. The molecule has 1 atom stereocenters. The summed E-state index contributed by atoms with van der Waals surface area (Å²) in [6.45, 7) is 1.63. The summed E-state index contributed by atoms with van der Waals surface area (Å²) in [4.78, 5) is 14.9. The van der Waals surface area contributed by atoms with Crippen molar-refractivity contribution in [2.45, 2.75) is 38.3 Å². The van der Waals surface area contributed by atoms with Crippen molar-refractivity contribution in [3.8, 4) is 5.75 Å². The molecule has 31 heavy (non-hydrogen) atoms. The lowest BCUT2D eigenvalue weighted by Crippen LogP contribution is -2.28. The number of methoxy groups -OCH3 is 1. The van der Waals surface area contributed by atoms with Crippen molar-refractivity contribution in [2.75, 3.05) is 19.0 Å². The van der Waals surface area contributed by atoms with Gasteiger partial charge in [-0.25, -0.2) is 4.39 Å². The van der Waals surface area contributed by atoms with E-state index in [2.05, 4.69) is 32.5 Å². The van der Waals surface area contributed by atoms with E-state index in [0.29, 0.717) is 23.3 Å². The molecule has 8 heteroatoms. The fourth-order valence-electron chi connectivity index (χ4n) is 3.86. The summed E-state index contributed by atoms with van der Waals surface area (Å²) in [6.07, 6.45) is 4.63. The van der Waals surface area contributed by atoms with Crippen molar-refractivity contribution in [1.82, 2.24) is 15.1 Å². The molecular formula is C23H25FN4O2S. The van der Waals surface area contributed by atoms with Gasteiger partial charge in [-0.3, -0.25) is 9.69 Å². The summed E-state index contributed by atoms with van der Waals surface area (Å²) in [6, 6.07) is 14.2. The highest BCUT2D eigenvalue weighted by atomic mass is 32.1. The maximum absolute atomic E-state index is 13.1. The quantitative estimate of drug-likeness (QED) is 0.581. The number of anilines is 1. The minimum Gasteiger partial charge on any atom is -0.497 e. The molecule has 1 aromatic heterocycles. The zero-order valence-electron chi connectivity index (χ0n) is 17.4.